The Balaban J connectivity index is 2.73. The van der Waals surface area contributed by atoms with Gasteiger partial charge in [-0.2, -0.15) is 0 Å². The summed E-state index contributed by atoms with van der Waals surface area (Å²) in [6.45, 7) is 0.891. The SMILES string of the molecule is CC(=O)OCC(COP(=O)(O)OC1C(O)C(O)C(O)C(O)C1O)OC(C)=O. The van der Waals surface area contributed by atoms with Crippen LogP contribution in [0, 0.1) is 0 Å². The molecule has 6 unspecified atom stereocenters. The third kappa shape index (κ3) is 7.07. The van der Waals surface area contributed by atoms with Gasteiger partial charge in [-0.1, -0.05) is 0 Å². The van der Waals surface area contributed by atoms with Crippen molar-refractivity contribution in [2.75, 3.05) is 13.2 Å². The van der Waals surface area contributed by atoms with Gasteiger partial charge in [-0.25, -0.2) is 4.57 Å². The zero-order valence-electron chi connectivity index (χ0n) is 14.4. The van der Waals surface area contributed by atoms with Crippen LogP contribution in [0.1, 0.15) is 13.8 Å². The number of aliphatic hydroxyl groups excluding tert-OH is 5. The van der Waals surface area contributed by atoms with E-state index >= 15 is 0 Å². The first-order valence-corrected chi connectivity index (χ1v) is 9.22. The lowest BCUT2D eigenvalue weighted by atomic mass is 9.85. The van der Waals surface area contributed by atoms with Crippen molar-refractivity contribution in [1.82, 2.24) is 0 Å². The third-order valence-electron chi connectivity index (χ3n) is 3.56. The highest BCUT2D eigenvalue weighted by Gasteiger charge is 2.51. The summed E-state index contributed by atoms with van der Waals surface area (Å²) < 4.78 is 30.5. The molecule has 0 aliphatic heterocycles. The van der Waals surface area contributed by atoms with Crippen molar-refractivity contribution in [3.63, 3.8) is 0 Å². The number of aliphatic hydroxyl groups is 5. The van der Waals surface area contributed by atoms with Crippen LogP contribution in [0.3, 0.4) is 0 Å². The van der Waals surface area contributed by atoms with E-state index in [1.165, 1.54) is 0 Å². The Hall–Kier alpha value is -1.15. The third-order valence-corrected chi connectivity index (χ3v) is 4.54. The van der Waals surface area contributed by atoms with Crippen LogP contribution in [-0.2, 0) is 32.7 Å². The van der Waals surface area contributed by atoms with Crippen molar-refractivity contribution in [2.24, 2.45) is 0 Å². The maximum absolute atomic E-state index is 12.0. The zero-order valence-corrected chi connectivity index (χ0v) is 15.3. The molecule has 6 atom stereocenters. The number of hydrogen-bond donors (Lipinski definition) is 6. The summed E-state index contributed by atoms with van der Waals surface area (Å²) in [6.07, 6.45) is -13.1. The number of esters is 2. The van der Waals surface area contributed by atoms with Crippen LogP contribution in [-0.4, -0.2) is 98.3 Å². The van der Waals surface area contributed by atoms with Gasteiger partial charge in [0, 0.05) is 13.8 Å². The molecule has 0 saturated heterocycles. The molecule has 27 heavy (non-hydrogen) atoms. The molecule has 0 aromatic rings. The van der Waals surface area contributed by atoms with Gasteiger partial charge in [-0.3, -0.25) is 18.6 Å². The quantitative estimate of drug-likeness (QED) is 0.170. The van der Waals surface area contributed by atoms with E-state index in [2.05, 4.69) is 13.8 Å². The predicted molar refractivity (Wildman–Crippen MR) is 82.9 cm³/mol. The Morgan fingerprint density at radius 1 is 0.889 bits per heavy atom. The van der Waals surface area contributed by atoms with E-state index in [0.29, 0.717) is 0 Å². The topological polar surface area (TPSA) is 210 Å². The van der Waals surface area contributed by atoms with Gasteiger partial charge >= 0.3 is 19.8 Å². The summed E-state index contributed by atoms with van der Waals surface area (Å²) in [5, 5.41) is 48.1. The van der Waals surface area contributed by atoms with E-state index in [1.54, 1.807) is 0 Å². The smallest absolute Gasteiger partial charge is 0.462 e. The van der Waals surface area contributed by atoms with Gasteiger partial charge in [-0.15, -0.1) is 0 Å². The van der Waals surface area contributed by atoms with Crippen LogP contribution < -0.4 is 0 Å². The lowest BCUT2D eigenvalue weighted by molar-refractivity contribution is -0.220. The molecule has 1 rings (SSSR count). The second-order valence-corrected chi connectivity index (χ2v) is 7.23. The second kappa shape index (κ2) is 9.87. The fourth-order valence-corrected chi connectivity index (χ4v) is 3.22. The van der Waals surface area contributed by atoms with Crippen molar-refractivity contribution in [1.29, 1.82) is 0 Å². The largest absolute Gasteiger partial charge is 0.472 e. The Morgan fingerprint density at radius 2 is 1.37 bits per heavy atom. The number of phosphoric ester groups is 1. The molecule has 1 fully saturated rings. The minimum absolute atomic E-state index is 0.479. The van der Waals surface area contributed by atoms with Crippen LogP contribution >= 0.6 is 7.82 Å². The first kappa shape index (κ1) is 23.9. The maximum Gasteiger partial charge on any atom is 0.472 e. The Labute approximate surface area is 153 Å². The highest BCUT2D eigenvalue weighted by molar-refractivity contribution is 7.47. The fourth-order valence-electron chi connectivity index (χ4n) is 2.24. The van der Waals surface area contributed by atoms with Crippen molar-refractivity contribution < 1.29 is 63.1 Å². The summed E-state index contributed by atoms with van der Waals surface area (Å²) in [7, 11) is -5.01. The molecule has 158 valence electrons. The summed E-state index contributed by atoms with van der Waals surface area (Å²) in [5.41, 5.74) is 0. The molecule has 0 bridgehead atoms. The maximum atomic E-state index is 12.0. The molecule has 6 N–H and O–H groups in total. The van der Waals surface area contributed by atoms with Crippen molar-refractivity contribution >= 4 is 19.8 Å². The van der Waals surface area contributed by atoms with E-state index in [1.807, 2.05) is 0 Å². The standard InChI is InChI=1S/C13H23O13P/c1-5(14)23-3-7(25-6(2)15)4-24-27(21,22)26-13-11(19)9(17)8(16)10(18)12(13)20/h7-13,16-20H,3-4H2,1-2H3,(H,21,22). The Kier molecular flexibility index (Phi) is 8.73. The molecule has 14 heteroatoms. The summed E-state index contributed by atoms with van der Waals surface area (Å²) in [4.78, 5) is 31.5. The number of carbonyl (C=O) groups is 2. The molecule has 1 aliphatic rings. The van der Waals surface area contributed by atoms with Crippen LogP contribution in [0.5, 0.6) is 0 Å². The molecular weight excluding hydrogens is 395 g/mol. The monoisotopic (exact) mass is 418 g/mol. The summed E-state index contributed by atoms with van der Waals surface area (Å²) in [5.74, 6) is -1.49. The Bertz CT molecular complexity index is 552. The minimum Gasteiger partial charge on any atom is -0.462 e. The van der Waals surface area contributed by atoms with E-state index in [9.17, 15) is 44.6 Å². The highest BCUT2D eigenvalue weighted by atomic mass is 31.2. The number of rotatable bonds is 8. The molecule has 0 heterocycles. The number of phosphoric acid groups is 1. The molecule has 0 radical (unpaired) electrons. The minimum atomic E-state index is -5.01. The summed E-state index contributed by atoms with van der Waals surface area (Å²) in [6, 6.07) is 0. The molecular formula is C13H23O13P. The lowest BCUT2D eigenvalue weighted by Gasteiger charge is -2.41. The van der Waals surface area contributed by atoms with Crippen molar-refractivity contribution in [3.8, 4) is 0 Å². The van der Waals surface area contributed by atoms with Gasteiger partial charge in [0.1, 0.15) is 43.2 Å². The molecule has 13 nitrogen and oxygen atoms in total. The van der Waals surface area contributed by atoms with Crippen LogP contribution in [0.15, 0.2) is 0 Å². The first-order valence-electron chi connectivity index (χ1n) is 7.72. The Morgan fingerprint density at radius 3 is 1.81 bits per heavy atom. The van der Waals surface area contributed by atoms with Gasteiger partial charge in [0.05, 0.1) is 6.61 Å². The van der Waals surface area contributed by atoms with Gasteiger partial charge in [0.25, 0.3) is 0 Å². The van der Waals surface area contributed by atoms with Crippen molar-refractivity contribution in [2.45, 2.75) is 56.6 Å². The van der Waals surface area contributed by atoms with Crippen LogP contribution in [0.2, 0.25) is 0 Å². The molecule has 1 aliphatic carbocycles. The molecule has 0 spiro atoms. The van der Waals surface area contributed by atoms with E-state index in [-0.39, 0.29) is 0 Å². The van der Waals surface area contributed by atoms with Gasteiger partial charge in [0.15, 0.2) is 6.10 Å². The van der Waals surface area contributed by atoms with E-state index in [0.717, 1.165) is 13.8 Å². The second-order valence-electron chi connectivity index (χ2n) is 5.82. The average Bonchev–Trinajstić information content (AvgIpc) is 2.57. The number of carbonyl (C=O) groups excluding carboxylic acids is 2. The van der Waals surface area contributed by atoms with Crippen LogP contribution in [0.25, 0.3) is 0 Å². The molecule has 1 saturated carbocycles. The van der Waals surface area contributed by atoms with Crippen LogP contribution in [0.4, 0.5) is 0 Å². The number of ether oxygens (including phenoxy) is 2. The molecule has 0 aromatic carbocycles. The normalized spacial score (nSPS) is 34.4. The van der Waals surface area contributed by atoms with E-state index in [4.69, 9.17) is 4.74 Å². The van der Waals surface area contributed by atoms with Gasteiger partial charge < -0.3 is 39.9 Å². The van der Waals surface area contributed by atoms with Gasteiger partial charge in [0.2, 0.25) is 0 Å². The zero-order chi connectivity index (χ0) is 20.9. The molecule has 0 aromatic heterocycles. The van der Waals surface area contributed by atoms with Crippen molar-refractivity contribution in [3.05, 3.63) is 0 Å². The summed E-state index contributed by atoms with van der Waals surface area (Å²) >= 11 is 0. The lowest BCUT2D eigenvalue weighted by Crippen LogP contribution is -2.64. The number of hydrogen-bond acceptors (Lipinski definition) is 12. The van der Waals surface area contributed by atoms with Gasteiger partial charge in [-0.05, 0) is 0 Å². The molecule has 0 amide bonds. The highest BCUT2D eigenvalue weighted by Crippen LogP contribution is 2.47. The fraction of sp³-hybridized carbons (Fsp3) is 0.846. The van der Waals surface area contributed by atoms with E-state index < -0.39 is 75.7 Å². The average molecular weight is 418 g/mol. The predicted octanol–water partition coefficient (Wildman–Crippen LogP) is -3.20. The first-order chi connectivity index (χ1) is 12.4.